The smallest absolute Gasteiger partial charge is 0.410 e. The lowest BCUT2D eigenvalue weighted by molar-refractivity contribution is 0.0270. The van der Waals surface area contributed by atoms with Crippen LogP contribution in [0, 0.1) is 0 Å². The minimum atomic E-state index is -0.514. The monoisotopic (exact) mass is 544 g/mol. The highest BCUT2D eigenvalue weighted by molar-refractivity contribution is 6.32. The molecule has 0 N–H and O–H groups in total. The van der Waals surface area contributed by atoms with Gasteiger partial charge in [0.15, 0.2) is 0 Å². The molecule has 0 saturated carbocycles. The zero-order chi connectivity index (χ0) is 27.1. The molecule has 6 rings (SSSR count). The maximum absolute atomic E-state index is 12.5. The quantitative estimate of drug-likeness (QED) is 0.327. The predicted molar refractivity (Wildman–Crippen MR) is 149 cm³/mol. The molecule has 0 spiro atoms. The van der Waals surface area contributed by atoms with Crippen molar-refractivity contribution in [2.45, 2.75) is 39.2 Å². The molecule has 0 saturated heterocycles. The summed E-state index contributed by atoms with van der Waals surface area (Å²) in [7, 11) is 0. The predicted octanol–water partition coefficient (Wildman–Crippen LogP) is 5.73. The van der Waals surface area contributed by atoms with Gasteiger partial charge in [-0.3, -0.25) is 0 Å². The number of hydrogen-bond acceptors (Lipinski definition) is 6. The van der Waals surface area contributed by atoms with Crippen LogP contribution in [-0.4, -0.2) is 60.8 Å². The van der Waals surface area contributed by atoms with Crippen LogP contribution >= 0.6 is 11.6 Å². The summed E-state index contributed by atoms with van der Waals surface area (Å²) in [6.07, 6.45) is 6.74. The number of nitrogens with zero attached hydrogens (tertiary/aromatic N) is 6. The van der Waals surface area contributed by atoms with E-state index in [9.17, 15) is 4.79 Å². The minimum Gasteiger partial charge on any atom is -0.493 e. The topological polar surface area (TPSA) is 87.3 Å². The van der Waals surface area contributed by atoms with E-state index in [1.54, 1.807) is 14.3 Å². The second kappa shape index (κ2) is 9.89. The van der Waals surface area contributed by atoms with E-state index in [0.29, 0.717) is 37.1 Å². The molecule has 0 fully saturated rings. The summed E-state index contributed by atoms with van der Waals surface area (Å²) >= 11 is 6.44. The van der Waals surface area contributed by atoms with Gasteiger partial charge in [-0.15, -0.1) is 0 Å². The summed E-state index contributed by atoms with van der Waals surface area (Å²) in [5.74, 6) is 1.34. The van der Waals surface area contributed by atoms with E-state index in [1.807, 2.05) is 57.3 Å². The van der Waals surface area contributed by atoms with E-state index in [4.69, 9.17) is 26.2 Å². The first-order valence-corrected chi connectivity index (χ1v) is 13.3. The number of para-hydroxylation sites is 1. The summed E-state index contributed by atoms with van der Waals surface area (Å²) in [5.41, 5.74) is 5.33. The number of halogens is 1. The summed E-state index contributed by atoms with van der Waals surface area (Å²) in [6.45, 7) is 7.30. The number of hydrogen-bond donors (Lipinski definition) is 0. The van der Waals surface area contributed by atoms with Crippen LogP contribution in [0.3, 0.4) is 0 Å². The van der Waals surface area contributed by atoms with Crippen molar-refractivity contribution in [2.24, 2.45) is 0 Å². The highest BCUT2D eigenvalue weighted by atomic mass is 35.5. The number of carbonyl (C=O) groups excluding carboxylic acids is 1. The molecular formula is C29H29ClN6O3. The molecule has 0 radical (unpaired) electrons. The van der Waals surface area contributed by atoms with E-state index < -0.39 is 5.60 Å². The molecule has 1 amide bonds. The first-order chi connectivity index (χ1) is 18.8. The highest BCUT2D eigenvalue weighted by Crippen LogP contribution is 2.38. The van der Waals surface area contributed by atoms with Crippen LogP contribution in [0.4, 0.5) is 4.79 Å². The molecule has 2 aliphatic heterocycles. The normalized spacial score (nSPS) is 15.1. The maximum Gasteiger partial charge on any atom is 0.410 e. The van der Waals surface area contributed by atoms with Crippen LogP contribution in [0.25, 0.3) is 28.5 Å². The van der Waals surface area contributed by atoms with Gasteiger partial charge < -0.3 is 14.4 Å². The average Bonchev–Trinajstić information content (AvgIpc) is 3.52. The van der Waals surface area contributed by atoms with Gasteiger partial charge in [0.1, 0.15) is 17.7 Å². The summed E-state index contributed by atoms with van der Waals surface area (Å²) in [5, 5.41) is 9.92. The molecule has 2 aromatic carbocycles. The van der Waals surface area contributed by atoms with Crippen LogP contribution in [-0.2, 0) is 11.2 Å². The number of fused-ring (bicyclic) bond motifs is 3. The fourth-order valence-electron chi connectivity index (χ4n) is 4.84. The van der Waals surface area contributed by atoms with Gasteiger partial charge in [-0.25, -0.2) is 9.48 Å². The van der Waals surface area contributed by atoms with E-state index >= 15 is 0 Å². The van der Waals surface area contributed by atoms with Gasteiger partial charge in [0, 0.05) is 36.8 Å². The molecule has 200 valence electrons. The van der Waals surface area contributed by atoms with Crippen molar-refractivity contribution >= 4 is 23.3 Å². The SMILES string of the molecule is CC(C)(C)OC(=O)N1CC=C(c2ccc3c(c2)-c2nn(-c4ncnn4-c4ccccc4Cl)cc2CCO3)CC1. The van der Waals surface area contributed by atoms with Gasteiger partial charge in [-0.2, -0.15) is 19.9 Å². The van der Waals surface area contributed by atoms with Gasteiger partial charge in [0.05, 0.1) is 23.0 Å². The third-order valence-electron chi connectivity index (χ3n) is 6.70. The molecule has 2 aromatic heterocycles. The first-order valence-electron chi connectivity index (χ1n) is 13.0. The Kier molecular flexibility index (Phi) is 6.38. The van der Waals surface area contributed by atoms with Gasteiger partial charge in [0.25, 0.3) is 5.95 Å². The van der Waals surface area contributed by atoms with E-state index in [2.05, 4.69) is 28.3 Å². The zero-order valence-electron chi connectivity index (χ0n) is 22.1. The average molecular weight is 545 g/mol. The second-order valence-corrected chi connectivity index (χ2v) is 11.0. The second-order valence-electron chi connectivity index (χ2n) is 10.6. The van der Waals surface area contributed by atoms with Crippen LogP contribution in [0.5, 0.6) is 5.75 Å². The van der Waals surface area contributed by atoms with Crippen molar-refractivity contribution in [3.05, 3.63) is 77.2 Å². The zero-order valence-corrected chi connectivity index (χ0v) is 22.9. The van der Waals surface area contributed by atoms with Gasteiger partial charge in [0.2, 0.25) is 0 Å². The summed E-state index contributed by atoms with van der Waals surface area (Å²) < 4.78 is 15.0. The molecule has 2 aliphatic rings. The van der Waals surface area contributed by atoms with Crippen LogP contribution < -0.4 is 4.74 Å². The van der Waals surface area contributed by atoms with Crippen molar-refractivity contribution in [2.75, 3.05) is 19.7 Å². The van der Waals surface area contributed by atoms with Crippen molar-refractivity contribution < 1.29 is 14.3 Å². The number of carbonyl (C=O) groups is 1. The van der Waals surface area contributed by atoms with E-state index in [0.717, 1.165) is 40.2 Å². The molecule has 0 atom stereocenters. The van der Waals surface area contributed by atoms with Gasteiger partial charge in [-0.1, -0.05) is 35.9 Å². The molecular weight excluding hydrogens is 516 g/mol. The molecule has 4 aromatic rings. The number of ether oxygens (including phenoxy) is 2. The van der Waals surface area contributed by atoms with E-state index in [1.165, 1.54) is 11.9 Å². The Hall–Kier alpha value is -4.11. The standard InChI is InChI=1S/C29H29ClN6O3/c1-29(2,3)39-28(37)34-13-10-19(11-14-34)20-8-9-25-22(16-20)26-21(12-15-38-25)17-35(33-26)27-31-18-32-36(27)24-7-5-4-6-23(24)30/h4-10,16-18H,11-15H2,1-3H3. The van der Waals surface area contributed by atoms with Crippen LogP contribution in [0.15, 0.2) is 61.1 Å². The third-order valence-corrected chi connectivity index (χ3v) is 7.02. The Balaban J connectivity index is 1.31. The highest BCUT2D eigenvalue weighted by Gasteiger charge is 2.26. The lowest BCUT2D eigenvalue weighted by Gasteiger charge is -2.29. The van der Waals surface area contributed by atoms with Crippen LogP contribution in [0.2, 0.25) is 5.02 Å². The lowest BCUT2D eigenvalue weighted by atomic mass is 9.96. The fraction of sp³-hybridized carbons (Fsp3) is 0.310. The molecule has 4 heterocycles. The molecule has 10 heteroatoms. The number of benzene rings is 2. The number of amides is 1. The largest absolute Gasteiger partial charge is 0.493 e. The Morgan fingerprint density at radius 3 is 2.74 bits per heavy atom. The van der Waals surface area contributed by atoms with Crippen molar-refractivity contribution in [3.63, 3.8) is 0 Å². The van der Waals surface area contributed by atoms with Crippen LogP contribution in [0.1, 0.15) is 38.3 Å². The van der Waals surface area contributed by atoms with E-state index in [-0.39, 0.29) is 6.09 Å². The summed E-state index contributed by atoms with van der Waals surface area (Å²) in [6, 6.07) is 13.7. The van der Waals surface area contributed by atoms with Crippen molar-refractivity contribution in [1.29, 1.82) is 0 Å². The lowest BCUT2D eigenvalue weighted by Crippen LogP contribution is -2.39. The molecule has 0 bridgehead atoms. The Morgan fingerprint density at radius 2 is 1.97 bits per heavy atom. The molecule has 0 aliphatic carbocycles. The summed E-state index contributed by atoms with van der Waals surface area (Å²) in [4.78, 5) is 18.7. The first kappa shape index (κ1) is 25.2. The Morgan fingerprint density at radius 1 is 1.13 bits per heavy atom. The minimum absolute atomic E-state index is 0.284. The van der Waals surface area contributed by atoms with Crippen molar-refractivity contribution in [1.82, 2.24) is 29.4 Å². The maximum atomic E-state index is 12.5. The Bertz CT molecular complexity index is 1580. The third kappa shape index (κ3) is 5.02. The molecule has 0 unspecified atom stereocenters. The number of rotatable bonds is 3. The van der Waals surface area contributed by atoms with Crippen molar-refractivity contribution in [3.8, 4) is 28.6 Å². The molecule has 9 nitrogen and oxygen atoms in total. The molecule has 39 heavy (non-hydrogen) atoms. The van der Waals surface area contributed by atoms with Gasteiger partial charge >= 0.3 is 6.09 Å². The number of aromatic nitrogens is 5. The van der Waals surface area contributed by atoms with Gasteiger partial charge in [-0.05, 0) is 62.6 Å². The Labute approximate surface area is 231 Å². The fourth-order valence-corrected chi connectivity index (χ4v) is 5.06.